The lowest BCUT2D eigenvalue weighted by Gasteiger charge is -2.09. The molecule has 3 rings (SSSR count). The zero-order valence-corrected chi connectivity index (χ0v) is 9.35. The molecule has 1 saturated heterocycles. The molecule has 1 aromatic carbocycles. The zero-order valence-electron chi connectivity index (χ0n) is 9.35. The van der Waals surface area contributed by atoms with Gasteiger partial charge in [0.2, 0.25) is 0 Å². The number of nitrogens with one attached hydrogen (secondary N) is 1. The van der Waals surface area contributed by atoms with Crippen LogP contribution in [0.15, 0.2) is 23.0 Å². The van der Waals surface area contributed by atoms with Crippen LogP contribution in [0.3, 0.4) is 0 Å². The Bertz CT molecular complexity index is 593. The highest BCUT2D eigenvalue weighted by atomic mass is 16.5. The van der Waals surface area contributed by atoms with Crippen LogP contribution in [0.1, 0.15) is 12.8 Å². The molecule has 1 aliphatic heterocycles. The molecule has 1 atom stereocenters. The van der Waals surface area contributed by atoms with E-state index in [9.17, 15) is 9.90 Å². The zero-order chi connectivity index (χ0) is 11.8. The number of phenols is 1. The summed E-state index contributed by atoms with van der Waals surface area (Å²) in [5, 5.41) is 9.36. The Morgan fingerprint density at radius 1 is 1.53 bits per heavy atom. The third kappa shape index (κ3) is 1.82. The van der Waals surface area contributed by atoms with Crippen molar-refractivity contribution < 1.29 is 9.84 Å². The Balaban J connectivity index is 2.02. The summed E-state index contributed by atoms with van der Waals surface area (Å²) in [6.07, 6.45) is 2.18. The Labute approximate surface area is 97.6 Å². The Hall–Kier alpha value is -1.75. The number of fused-ring (bicyclic) bond motifs is 1. The first-order chi connectivity index (χ1) is 8.24. The van der Waals surface area contributed by atoms with Crippen LogP contribution in [-0.4, -0.2) is 27.4 Å². The number of nitrogens with zero attached hydrogens (tertiary/aromatic N) is 1. The third-order valence-corrected chi connectivity index (χ3v) is 3.17. The molecule has 1 unspecified atom stereocenters. The molecule has 0 spiro atoms. The van der Waals surface area contributed by atoms with Gasteiger partial charge in [-0.2, -0.15) is 0 Å². The van der Waals surface area contributed by atoms with E-state index in [1.54, 1.807) is 22.8 Å². The average molecular weight is 234 g/mol. The van der Waals surface area contributed by atoms with E-state index in [-0.39, 0.29) is 17.5 Å². The molecule has 0 bridgehead atoms. The fraction of sp³-hybridized carbons (Fsp3) is 0.417. The molecule has 90 valence electrons. The lowest BCUT2D eigenvalue weighted by Crippen LogP contribution is -2.24. The summed E-state index contributed by atoms with van der Waals surface area (Å²) in [6.45, 7) is 1.35. The fourth-order valence-electron chi connectivity index (χ4n) is 2.32. The summed E-state index contributed by atoms with van der Waals surface area (Å²) >= 11 is 0. The predicted molar refractivity (Wildman–Crippen MR) is 63.2 cm³/mol. The van der Waals surface area contributed by atoms with Gasteiger partial charge in [-0.3, -0.25) is 4.57 Å². The number of phenolic OH excluding ortho intramolecular Hbond substituents is 1. The molecular weight excluding hydrogens is 220 g/mol. The standard InChI is InChI=1S/C12H14N2O3/c15-8-3-4-11-10(6-8)13-12(16)14(11)7-9-2-1-5-17-9/h3-4,6,9,15H,1-2,5,7H2,(H,13,16). The molecule has 5 nitrogen and oxygen atoms in total. The van der Waals surface area contributed by atoms with E-state index >= 15 is 0 Å². The van der Waals surface area contributed by atoms with Crippen molar-refractivity contribution in [3.05, 3.63) is 28.7 Å². The summed E-state index contributed by atoms with van der Waals surface area (Å²) in [5.74, 6) is 0.156. The van der Waals surface area contributed by atoms with Gasteiger partial charge in [-0.05, 0) is 25.0 Å². The summed E-state index contributed by atoms with van der Waals surface area (Å²) < 4.78 is 7.20. The molecular formula is C12H14N2O3. The molecule has 5 heteroatoms. The summed E-state index contributed by atoms with van der Waals surface area (Å²) in [4.78, 5) is 14.5. The summed E-state index contributed by atoms with van der Waals surface area (Å²) in [5.41, 5.74) is 1.32. The summed E-state index contributed by atoms with van der Waals surface area (Å²) in [7, 11) is 0. The number of benzene rings is 1. The molecule has 1 aromatic heterocycles. The maximum Gasteiger partial charge on any atom is 0.326 e. The molecule has 0 amide bonds. The molecule has 1 fully saturated rings. The highest BCUT2D eigenvalue weighted by molar-refractivity contribution is 5.76. The van der Waals surface area contributed by atoms with Gasteiger partial charge in [0, 0.05) is 12.7 Å². The average Bonchev–Trinajstić information content (AvgIpc) is 2.88. The minimum Gasteiger partial charge on any atom is -0.508 e. The molecule has 17 heavy (non-hydrogen) atoms. The van der Waals surface area contributed by atoms with Crippen molar-refractivity contribution in [1.82, 2.24) is 9.55 Å². The van der Waals surface area contributed by atoms with E-state index in [4.69, 9.17) is 4.74 Å². The number of aromatic amines is 1. The Morgan fingerprint density at radius 3 is 3.18 bits per heavy atom. The van der Waals surface area contributed by atoms with Gasteiger partial charge in [0.05, 0.1) is 23.7 Å². The normalized spacial score (nSPS) is 20.1. The van der Waals surface area contributed by atoms with Crippen LogP contribution in [0.25, 0.3) is 11.0 Å². The first kappa shape index (κ1) is 10.4. The molecule has 1 aliphatic rings. The van der Waals surface area contributed by atoms with Gasteiger partial charge < -0.3 is 14.8 Å². The van der Waals surface area contributed by atoms with Crippen molar-refractivity contribution >= 4 is 11.0 Å². The number of imidazole rings is 1. The van der Waals surface area contributed by atoms with Crippen LogP contribution in [0, 0.1) is 0 Å². The maximum atomic E-state index is 11.8. The molecule has 2 aromatic rings. The highest BCUT2D eigenvalue weighted by Crippen LogP contribution is 2.19. The topological polar surface area (TPSA) is 67.2 Å². The van der Waals surface area contributed by atoms with Gasteiger partial charge in [-0.25, -0.2) is 4.79 Å². The van der Waals surface area contributed by atoms with Crippen LogP contribution in [-0.2, 0) is 11.3 Å². The largest absolute Gasteiger partial charge is 0.508 e. The van der Waals surface area contributed by atoms with E-state index in [0.29, 0.717) is 12.1 Å². The number of H-pyrrole nitrogens is 1. The number of aromatic hydroxyl groups is 1. The van der Waals surface area contributed by atoms with Gasteiger partial charge in [-0.15, -0.1) is 0 Å². The molecule has 2 N–H and O–H groups in total. The monoisotopic (exact) mass is 234 g/mol. The Kier molecular flexibility index (Phi) is 2.40. The molecule has 0 radical (unpaired) electrons. The third-order valence-electron chi connectivity index (χ3n) is 3.17. The van der Waals surface area contributed by atoms with Crippen molar-refractivity contribution in [3.63, 3.8) is 0 Å². The number of aromatic nitrogens is 2. The second kappa shape index (κ2) is 3.92. The van der Waals surface area contributed by atoms with Crippen LogP contribution in [0.4, 0.5) is 0 Å². The van der Waals surface area contributed by atoms with Crippen molar-refractivity contribution in [1.29, 1.82) is 0 Å². The molecule has 0 aliphatic carbocycles. The van der Waals surface area contributed by atoms with Crippen LogP contribution in [0.2, 0.25) is 0 Å². The smallest absolute Gasteiger partial charge is 0.326 e. The second-order valence-corrected chi connectivity index (χ2v) is 4.38. The van der Waals surface area contributed by atoms with Gasteiger partial charge in [-0.1, -0.05) is 0 Å². The van der Waals surface area contributed by atoms with E-state index < -0.39 is 0 Å². The van der Waals surface area contributed by atoms with Gasteiger partial charge in [0.1, 0.15) is 5.75 Å². The number of ether oxygens (including phenoxy) is 1. The maximum absolute atomic E-state index is 11.8. The van der Waals surface area contributed by atoms with E-state index in [2.05, 4.69) is 4.98 Å². The number of rotatable bonds is 2. The van der Waals surface area contributed by atoms with E-state index in [1.807, 2.05) is 0 Å². The number of hydrogen-bond donors (Lipinski definition) is 2. The quantitative estimate of drug-likeness (QED) is 0.820. The van der Waals surface area contributed by atoms with Crippen LogP contribution < -0.4 is 5.69 Å². The Morgan fingerprint density at radius 2 is 2.41 bits per heavy atom. The highest BCUT2D eigenvalue weighted by Gasteiger charge is 2.18. The first-order valence-corrected chi connectivity index (χ1v) is 5.77. The minimum atomic E-state index is -0.152. The van der Waals surface area contributed by atoms with Gasteiger partial charge in [0.15, 0.2) is 0 Å². The van der Waals surface area contributed by atoms with E-state index in [1.165, 1.54) is 0 Å². The van der Waals surface area contributed by atoms with Gasteiger partial charge in [0.25, 0.3) is 0 Å². The second-order valence-electron chi connectivity index (χ2n) is 4.38. The minimum absolute atomic E-state index is 0.125. The summed E-state index contributed by atoms with van der Waals surface area (Å²) in [6, 6.07) is 4.89. The molecule has 0 saturated carbocycles. The SMILES string of the molecule is O=c1[nH]c2cc(O)ccc2n1CC1CCCO1. The van der Waals surface area contributed by atoms with Crippen molar-refractivity contribution in [2.24, 2.45) is 0 Å². The van der Waals surface area contributed by atoms with Crippen molar-refractivity contribution in [3.8, 4) is 5.75 Å². The van der Waals surface area contributed by atoms with Crippen LogP contribution in [0.5, 0.6) is 5.75 Å². The van der Waals surface area contributed by atoms with E-state index in [0.717, 1.165) is 25.0 Å². The lowest BCUT2D eigenvalue weighted by molar-refractivity contribution is 0.0972. The lowest BCUT2D eigenvalue weighted by atomic mass is 10.2. The predicted octanol–water partition coefficient (Wildman–Crippen LogP) is 1.21. The van der Waals surface area contributed by atoms with Crippen molar-refractivity contribution in [2.75, 3.05) is 6.61 Å². The number of hydrogen-bond acceptors (Lipinski definition) is 3. The van der Waals surface area contributed by atoms with Crippen molar-refractivity contribution in [2.45, 2.75) is 25.5 Å². The van der Waals surface area contributed by atoms with Crippen LogP contribution >= 0.6 is 0 Å². The fourth-order valence-corrected chi connectivity index (χ4v) is 2.32. The van der Waals surface area contributed by atoms with Gasteiger partial charge >= 0.3 is 5.69 Å². The molecule has 2 heterocycles. The first-order valence-electron chi connectivity index (χ1n) is 5.77.